The van der Waals surface area contributed by atoms with Gasteiger partial charge in [-0.05, 0) is 19.1 Å². The summed E-state index contributed by atoms with van der Waals surface area (Å²) in [7, 11) is 1.58. The average Bonchev–Trinajstić information content (AvgIpc) is 2.64. The largest absolute Gasteiger partial charge is 0.495 e. The van der Waals surface area contributed by atoms with E-state index in [9.17, 15) is 4.79 Å². The second kappa shape index (κ2) is 4.46. The number of carbonyl (C=O) groups is 1. The second-order valence-corrected chi connectivity index (χ2v) is 4.12. The number of hydrogen-bond acceptors (Lipinski definition) is 3. The maximum Gasteiger partial charge on any atom is 0.228 e. The number of anilines is 1. The highest BCUT2D eigenvalue weighted by Crippen LogP contribution is 2.36. The number of methoxy groups -OCH3 is 1. The molecule has 1 fully saturated rings. The zero-order valence-corrected chi connectivity index (χ0v) is 9.88. The predicted molar refractivity (Wildman–Crippen MR) is 63.7 cm³/mol. The van der Waals surface area contributed by atoms with Crippen LogP contribution in [-0.4, -0.2) is 19.1 Å². The van der Waals surface area contributed by atoms with Gasteiger partial charge in [0, 0.05) is 6.42 Å². The van der Waals surface area contributed by atoms with E-state index in [2.05, 4.69) is 6.07 Å². The normalized spacial score (nSPS) is 23.6. The van der Waals surface area contributed by atoms with Gasteiger partial charge in [0.25, 0.3) is 0 Å². The number of ether oxygens (including phenoxy) is 1. The Kier molecular flexibility index (Phi) is 3.01. The van der Waals surface area contributed by atoms with Gasteiger partial charge in [-0.1, -0.05) is 12.1 Å². The molecule has 1 heterocycles. The quantitative estimate of drug-likeness (QED) is 0.780. The Morgan fingerprint density at radius 1 is 1.47 bits per heavy atom. The van der Waals surface area contributed by atoms with Crippen LogP contribution >= 0.6 is 0 Å². The summed E-state index contributed by atoms with van der Waals surface area (Å²) >= 11 is 0. The van der Waals surface area contributed by atoms with Crippen molar-refractivity contribution in [3.63, 3.8) is 0 Å². The molecule has 0 N–H and O–H groups in total. The molecule has 1 saturated heterocycles. The van der Waals surface area contributed by atoms with Crippen molar-refractivity contribution in [2.24, 2.45) is 5.92 Å². The summed E-state index contributed by atoms with van der Waals surface area (Å²) in [6.45, 7) is 1.89. The molecular formula is C13H14N2O2. The van der Waals surface area contributed by atoms with Crippen molar-refractivity contribution in [3.05, 3.63) is 24.3 Å². The lowest BCUT2D eigenvalue weighted by molar-refractivity contribution is -0.117. The molecule has 17 heavy (non-hydrogen) atoms. The van der Waals surface area contributed by atoms with Crippen LogP contribution in [0.25, 0.3) is 0 Å². The summed E-state index contributed by atoms with van der Waals surface area (Å²) in [6, 6.07) is 9.44. The van der Waals surface area contributed by atoms with Gasteiger partial charge in [-0.3, -0.25) is 4.79 Å². The zero-order valence-electron chi connectivity index (χ0n) is 9.88. The van der Waals surface area contributed by atoms with Gasteiger partial charge < -0.3 is 9.64 Å². The van der Waals surface area contributed by atoms with E-state index in [1.54, 1.807) is 12.0 Å². The Balaban J connectivity index is 2.40. The minimum Gasteiger partial charge on any atom is -0.495 e. The molecule has 1 aliphatic rings. The predicted octanol–water partition coefficient (Wildman–Crippen LogP) is 1.96. The van der Waals surface area contributed by atoms with Crippen LogP contribution in [0.15, 0.2) is 24.3 Å². The maximum atomic E-state index is 11.9. The molecule has 88 valence electrons. The molecule has 1 amide bonds. The molecule has 2 atom stereocenters. The van der Waals surface area contributed by atoms with Crippen LogP contribution in [0.3, 0.4) is 0 Å². The van der Waals surface area contributed by atoms with Crippen molar-refractivity contribution in [1.82, 2.24) is 0 Å². The van der Waals surface area contributed by atoms with Gasteiger partial charge in [-0.15, -0.1) is 0 Å². The van der Waals surface area contributed by atoms with Gasteiger partial charge in [0.2, 0.25) is 5.91 Å². The molecule has 0 saturated carbocycles. The number of carbonyl (C=O) groups excluding carboxylic acids is 1. The molecule has 0 aromatic heterocycles. The first kappa shape index (κ1) is 11.5. The molecule has 2 rings (SSSR count). The van der Waals surface area contributed by atoms with Gasteiger partial charge in [0.1, 0.15) is 5.75 Å². The third-order valence-electron chi connectivity index (χ3n) is 3.16. The van der Waals surface area contributed by atoms with Crippen LogP contribution in [0.5, 0.6) is 5.75 Å². The summed E-state index contributed by atoms with van der Waals surface area (Å²) in [6.07, 6.45) is 0.287. The molecule has 0 radical (unpaired) electrons. The van der Waals surface area contributed by atoms with Gasteiger partial charge in [-0.25, -0.2) is 0 Å². The van der Waals surface area contributed by atoms with Crippen LogP contribution in [0.4, 0.5) is 5.69 Å². The third-order valence-corrected chi connectivity index (χ3v) is 3.16. The molecule has 4 heteroatoms. The maximum absolute atomic E-state index is 11.9. The number of nitriles is 1. The standard InChI is InChI=1S/C13H14N2O2/c1-9-10(8-14)7-13(16)15(9)11-5-3-4-6-12(11)17-2/h3-6,9-10H,7H2,1-2H3. The smallest absolute Gasteiger partial charge is 0.228 e. The Morgan fingerprint density at radius 3 is 2.76 bits per heavy atom. The number of rotatable bonds is 2. The molecule has 1 aromatic rings. The molecule has 4 nitrogen and oxygen atoms in total. The van der Waals surface area contributed by atoms with Crippen molar-refractivity contribution in [3.8, 4) is 11.8 Å². The van der Waals surface area contributed by atoms with E-state index < -0.39 is 0 Å². The number of amides is 1. The van der Waals surface area contributed by atoms with E-state index in [1.807, 2.05) is 31.2 Å². The topological polar surface area (TPSA) is 53.3 Å². The SMILES string of the molecule is COc1ccccc1N1C(=O)CC(C#N)C1C. The van der Waals surface area contributed by atoms with Crippen LogP contribution in [0.1, 0.15) is 13.3 Å². The fourth-order valence-corrected chi connectivity index (χ4v) is 2.20. The van der Waals surface area contributed by atoms with Crippen molar-refractivity contribution >= 4 is 11.6 Å². The molecule has 0 aliphatic carbocycles. The lowest BCUT2D eigenvalue weighted by atomic mass is 10.0. The first-order valence-corrected chi connectivity index (χ1v) is 5.53. The molecule has 1 aliphatic heterocycles. The van der Waals surface area contributed by atoms with Gasteiger partial charge in [0.05, 0.1) is 30.8 Å². The third kappa shape index (κ3) is 1.84. The summed E-state index contributed by atoms with van der Waals surface area (Å²) in [5.41, 5.74) is 0.741. The highest BCUT2D eigenvalue weighted by Gasteiger charge is 2.38. The van der Waals surface area contributed by atoms with E-state index in [4.69, 9.17) is 10.00 Å². The number of benzene rings is 1. The fraction of sp³-hybridized carbons (Fsp3) is 0.385. The summed E-state index contributed by atoms with van der Waals surface area (Å²) in [4.78, 5) is 13.6. The number of para-hydroxylation sites is 2. The van der Waals surface area contributed by atoms with E-state index in [0.717, 1.165) is 5.69 Å². The Labute approximate surface area is 100 Å². The molecule has 1 aromatic carbocycles. The number of hydrogen-bond donors (Lipinski definition) is 0. The van der Waals surface area contributed by atoms with Gasteiger partial charge in [0.15, 0.2) is 0 Å². The highest BCUT2D eigenvalue weighted by molar-refractivity contribution is 5.98. The lowest BCUT2D eigenvalue weighted by Crippen LogP contribution is -2.32. The second-order valence-electron chi connectivity index (χ2n) is 4.12. The molecular weight excluding hydrogens is 216 g/mol. The van der Waals surface area contributed by atoms with Crippen molar-refractivity contribution in [2.75, 3.05) is 12.0 Å². The minimum atomic E-state index is -0.243. The fourth-order valence-electron chi connectivity index (χ4n) is 2.20. The Hall–Kier alpha value is -2.02. The molecule has 0 spiro atoms. The van der Waals surface area contributed by atoms with Gasteiger partial charge in [-0.2, -0.15) is 5.26 Å². The summed E-state index contributed by atoms with van der Waals surface area (Å²) in [5.74, 6) is 0.396. The zero-order chi connectivity index (χ0) is 12.4. The molecule has 2 unspecified atom stereocenters. The van der Waals surface area contributed by atoms with Crippen LogP contribution in [-0.2, 0) is 4.79 Å². The number of nitrogens with zero attached hydrogens (tertiary/aromatic N) is 2. The van der Waals surface area contributed by atoms with Crippen molar-refractivity contribution < 1.29 is 9.53 Å². The first-order chi connectivity index (χ1) is 8.19. The van der Waals surface area contributed by atoms with Gasteiger partial charge >= 0.3 is 0 Å². The van der Waals surface area contributed by atoms with Crippen molar-refractivity contribution in [2.45, 2.75) is 19.4 Å². The van der Waals surface area contributed by atoms with E-state index in [-0.39, 0.29) is 24.3 Å². The minimum absolute atomic E-state index is 0.0199. The molecule has 0 bridgehead atoms. The Bertz CT molecular complexity index is 479. The lowest BCUT2D eigenvalue weighted by Gasteiger charge is -2.24. The van der Waals surface area contributed by atoms with E-state index in [0.29, 0.717) is 5.75 Å². The van der Waals surface area contributed by atoms with Crippen LogP contribution in [0, 0.1) is 17.2 Å². The van der Waals surface area contributed by atoms with E-state index in [1.165, 1.54) is 0 Å². The summed E-state index contributed by atoms with van der Waals surface area (Å²) < 4.78 is 5.25. The van der Waals surface area contributed by atoms with Crippen LogP contribution < -0.4 is 9.64 Å². The summed E-state index contributed by atoms with van der Waals surface area (Å²) in [5, 5.41) is 8.99. The van der Waals surface area contributed by atoms with Crippen molar-refractivity contribution in [1.29, 1.82) is 5.26 Å². The van der Waals surface area contributed by atoms with Crippen LogP contribution in [0.2, 0.25) is 0 Å². The Morgan fingerprint density at radius 2 is 2.18 bits per heavy atom. The van der Waals surface area contributed by atoms with E-state index >= 15 is 0 Å². The monoisotopic (exact) mass is 230 g/mol. The highest BCUT2D eigenvalue weighted by atomic mass is 16.5. The average molecular weight is 230 g/mol. The first-order valence-electron chi connectivity index (χ1n) is 5.53.